The van der Waals surface area contributed by atoms with Crippen LogP contribution in [0.4, 0.5) is 11.4 Å². The van der Waals surface area contributed by atoms with Crippen LogP contribution in [0.5, 0.6) is 11.5 Å². The Balaban J connectivity index is 1.54. The van der Waals surface area contributed by atoms with Gasteiger partial charge in [-0.1, -0.05) is 41.9 Å². The number of hydrogen-bond acceptors (Lipinski definition) is 6. The third-order valence-corrected chi connectivity index (χ3v) is 4.66. The standard InChI is InChI=1S/C24H21ClN4O5/c1-33-18-9-6-8-17(13-18)27-22(30)15-34-21-12-5-2-7-16(21)14-26-29-24(32)23(31)28-20-11-4-3-10-19(20)25/h2-14H,15H2,1H3,(H,27,30)(H,28,31)(H,29,32)/b26-14-. The molecule has 3 rings (SSSR count). The van der Waals surface area contributed by atoms with Gasteiger partial charge in [0, 0.05) is 17.3 Å². The fourth-order valence-electron chi connectivity index (χ4n) is 2.71. The largest absolute Gasteiger partial charge is 0.497 e. The van der Waals surface area contributed by atoms with Gasteiger partial charge < -0.3 is 20.1 Å². The van der Waals surface area contributed by atoms with E-state index < -0.39 is 11.8 Å². The van der Waals surface area contributed by atoms with E-state index in [0.717, 1.165) is 0 Å². The molecule has 0 radical (unpaired) electrons. The van der Waals surface area contributed by atoms with Crippen molar-refractivity contribution < 1.29 is 23.9 Å². The Kier molecular flexibility index (Phi) is 8.59. The van der Waals surface area contributed by atoms with Crippen LogP contribution in [0.2, 0.25) is 5.02 Å². The van der Waals surface area contributed by atoms with E-state index in [1.165, 1.54) is 13.3 Å². The summed E-state index contributed by atoms with van der Waals surface area (Å²) in [5.41, 5.74) is 3.50. The lowest BCUT2D eigenvalue weighted by atomic mass is 10.2. The second-order valence-electron chi connectivity index (χ2n) is 6.74. The average molecular weight is 481 g/mol. The van der Waals surface area contributed by atoms with Crippen molar-refractivity contribution in [3.05, 3.63) is 83.4 Å². The van der Waals surface area contributed by atoms with Gasteiger partial charge in [-0.25, -0.2) is 5.43 Å². The fourth-order valence-corrected chi connectivity index (χ4v) is 2.90. The van der Waals surface area contributed by atoms with Crippen molar-refractivity contribution in [2.45, 2.75) is 0 Å². The molecule has 9 nitrogen and oxygen atoms in total. The summed E-state index contributed by atoms with van der Waals surface area (Å²) < 4.78 is 10.7. The Labute approximate surface area is 200 Å². The van der Waals surface area contributed by atoms with Crippen LogP contribution in [-0.4, -0.2) is 37.7 Å². The lowest BCUT2D eigenvalue weighted by molar-refractivity contribution is -0.136. The zero-order valence-electron chi connectivity index (χ0n) is 18.1. The monoisotopic (exact) mass is 480 g/mol. The van der Waals surface area contributed by atoms with Crippen LogP contribution in [-0.2, 0) is 14.4 Å². The number of carbonyl (C=O) groups excluding carboxylic acids is 3. The predicted octanol–water partition coefficient (Wildman–Crippen LogP) is 3.45. The van der Waals surface area contributed by atoms with Gasteiger partial charge in [0.05, 0.1) is 24.0 Å². The molecule has 3 amide bonds. The lowest BCUT2D eigenvalue weighted by Crippen LogP contribution is -2.32. The SMILES string of the molecule is COc1cccc(NC(=O)COc2ccccc2/C=N\NC(=O)C(=O)Nc2ccccc2Cl)c1. The predicted molar refractivity (Wildman–Crippen MR) is 129 cm³/mol. The van der Waals surface area contributed by atoms with Crippen molar-refractivity contribution in [2.24, 2.45) is 5.10 Å². The van der Waals surface area contributed by atoms with Gasteiger partial charge in [0.2, 0.25) is 0 Å². The first-order valence-corrected chi connectivity index (χ1v) is 10.4. The number of rotatable bonds is 8. The molecule has 3 aromatic rings. The number of hydrogen-bond donors (Lipinski definition) is 3. The number of amides is 3. The molecule has 0 saturated carbocycles. The van der Waals surface area contributed by atoms with Crippen LogP contribution in [0.1, 0.15) is 5.56 Å². The van der Waals surface area contributed by atoms with Gasteiger partial charge >= 0.3 is 11.8 Å². The summed E-state index contributed by atoms with van der Waals surface area (Å²) in [6.07, 6.45) is 1.30. The van der Waals surface area contributed by atoms with Gasteiger partial charge in [-0.2, -0.15) is 5.10 Å². The molecule has 0 spiro atoms. The molecule has 0 fully saturated rings. The Hall–Kier alpha value is -4.37. The summed E-state index contributed by atoms with van der Waals surface area (Å²) in [4.78, 5) is 36.2. The molecule has 0 aromatic heterocycles. The number of benzene rings is 3. The van der Waals surface area contributed by atoms with Gasteiger partial charge in [-0.15, -0.1) is 0 Å². The van der Waals surface area contributed by atoms with Gasteiger partial charge in [-0.3, -0.25) is 14.4 Å². The smallest absolute Gasteiger partial charge is 0.329 e. The van der Waals surface area contributed by atoms with E-state index in [4.69, 9.17) is 21.1 Å². The third-order valence-electron chi connectivity index (χ3n) is 4.33. The molecule has 0 unspecified atom stereocenters. The molecule has 0 heterocycles. The number of anilines is 2. The zero-order chi connectivity index (χ0) is 24.3. The summed E-state index contributed by atoms with van der Waals surface area (Å²) in [5.74, 6) is -1.30. The number of hydrazone groups is 1. The van der Waals surface area contributed by atoms with E-state index in [1.807, 2.05) is 0 Å². The van der Waals surface area contributed by atoms with Crippen LogP contribution < -0.4 is 25.5 Å². The van der Waals surface area contributed by atoms with Gasteiger partial charge in [0.25, 0.3) is 5.91 Å². The molecule has 0 bridgehead atoms. The number of nitrogens with zero attached hydrogens (tertiary/aromatic N) is 1. The first kappa shape index (κ1) is 24.3. The molecule has 0 atom stereocenters. The maximum atomic E-state index is 12.2. The zero-order valence-corrected chi connectivity index (χ0v) is 18.8. The summed E-state index contributed by atoms with van der Waals surface area (Å²) in [6.45, 7) is -0.255. The van der Waals surface area contributed by atoms with E-state index in [9.17, 15) is 14.4 Å². The Bertz CT molecular complexity index is 1220. The highest BCUT2D eigenvalue weighted by molar-refractivity contribution is 6.41. The molecule has 174 valence electrons. The number of ether oxygens (including phenoxy) is 2. The van der Waals surface area contributed by atoms with Crippen molar-refractivity contribution in [1.82, 2.24) is 5.43 Å². The van der Waals surface area contributed by atoms with Crippen molar-refractivity contribution in [3.63, 3.8) is 0 Å². The first-order chi connectivity index (χ1) is 16.5. The maximum Gasteiger partial charge on any atom is 0.329 e. The van der Waals surface area contributed by atoms with Gasteiger partial charge in [-0.05, 0) is 36.4 Å². The Morgan fingerprint density at radius 1 is 0.941 bits per heavy atom. The van der Waals surface area contributed by atoms with Crippen molar-refractivity contribution in [1.29, 1.82) is 0 Å². The molecule has 0 saturated heterocycles. The minimum Gasteiger partial charge on any atom is -0.497 e. The van der Waals surface area contributed by atoms with E-state index in [1.54, 1.807) is 72.8 Å². The summed E-state index contributed by atoms with van der Waals surface area (Å²) in [6, 6.07) is 20.2. The quantitative estimate of drug-likeness (QED) is 0.259. The first-order valence-electron chi connectivity index (χ1n) is 10.0. The van der Waals surface area contributed by atoms with E-state index in [-0.39, 0.29) is 12.5 Å². The van der Waals surface area contributed by atoms with Crippen molar-refractivity contribution in [2.75, 3.05) is 24.4 Å². The summed E-state index contributed by atoms with van der Waals surface area (Å²) in [7, 11) is 1.54. The van der Waals surface area contributed by atoms with E-state index in [0.29, 0.717) is 33.5 Å². The van der Waals surface area contributed by atoms with Crippen LogP contribution in [0.15, 0.2) is 77.9 Å². The lowest BCUT2D eigenvalue weighted by Gasteiger charge is -2.10. The summed E-state index contributed by atoms with van der Waals surface area (Å²) >= 11 is 5.96. The molecular formula is C24H21ClN4O5. The van der Waals surface area contributed by atoms with Gasteiger partial charge in [0.15, 0.2) is 6.61 Å². The molecule has 0 aliphatic carbocycles. The Morgan fingerprint density at radius 2 is 1.71 bits per heavy atom. The number of para-hydroxylation sites is 2. The second kappa shape index (κ2) is 12.0. The highest BCUT2D eigenvalue weighted by Crippen LogP contribution is 2.20. The molecule has 3 aromatic carbocycles. The number of methoxy groups -OCH3 is 1. The van der Waals surface area contributed by atoms with Crippen molar-refractivity contribution in [3.8, 4) is 11.5 Å². The number of carbonyl (C=O) groups is 3. The highest BCUT2D eigenvalue weighted by atomic mass is 35.5. The molecular weight excluding hydrogens is 460 g/mol. The molecule has 0 aliphatic heterocycles. The number of halogens is 1. The van der Waals surface area contributed by atoms with Crippen LogP contribution >= 0.6 is 11.6 Å². The minimum atomic E-state index is -0.979. The minimum absolute atomic E-state index is 0.255. The van der Waals surface area contributed by atoms with Crippen LogP contribution in [0.25, 0.3) is 0 Å². The molecule has 0 aliphatic rings. The van der Waals surface area contributed by atoms with Crippen LogP contribution in [0.3, 0.4) is 0 Å². The van der Waals surface area contributed by atoms with E-state index in [2.05, 4.69) is 21.2 Å². The van der Waals surface area contributed by atoms with Crippen LogP contribution in [0, 0.1) is 0 Å². The summed E-state index contributed by atoms with van der Waals surface area (Å²) in [5, 5.41) is 9.20. The van der Waals surface area contributed by atoms with E-state index >= 15 is 0 Å². The normalized spacial score (nSPS) is 10.4. The third kappa shape index (κ3) is 7.07. The van der Waals surface area contributed by atoms with Gasteiger partial charge in [0.1, 0.15) is 11.5 Å². The molecule has 34 heavy (non-hydrogen) atoms. The second-order valence-corrected chi connectivity index (χ2v) is 7.15. The fraction of sp³-hybridized carbons (Fsp3) is 0.0833. The highest BCUT2D eigenvalue weighted by Gasteiger charge is 2.14. The maximum absolute atomic E-state index is 12.2. The Morgan fingerprint density at radius 3 is 2.50 bits per heavy atom. The van der Waals surface area contributed by atoms with Crippen molar-refractivity contribution >= 4 is 46.9 Å². The topological polar surface area (TPSA) is 118 Å². The molecule has 10 heteroatoms. The molecule has 3 N–H and O–H groups in total. The number of nitrogens with one attached hydrogen (secondary N) is 3. The average Bonchev–Trinajstić information content (AvgIpc) is 2.84.